The fourth-order valence-corrected chi connectivity index (χ4v) is 2.96. The Morgan fingerprint density at radius 2 is 2.13 bits per heavy atom. The Kier molecular flexibility index (Phi) is 4.29. The Morgan fingerprint density at radius 3 is 2.74 bits per heavy atom. The van der Waals surface area contributed by atoms with Gasteiger partial charge in [-0.1, -0.05) is 12.1 Å². The number of esters is 1. The molecule has 0 radical (unpaired) electrons. The molecule has 7 nitrogen and oxygen atoms in total. The lowest BCUT2D eigenvalue weighted by molar-refractivity contribution is 0.0600. The summed E-state index contributed by atoms with van der Waals surface area (Å²) in [4.78, 5) is 18.2. The lowest BCUT2D eigenvalue weighted by Crippen LogP contribution is -2.23. The van der Waals surface area contributed by atoms with Gasteiger partial charge < -0.3 is 10.5 Å². The second kappa shape index (κ2) is 6.37. The summed E-state index contributed by atoms with van der Waals surface area (Å²) in [5, 5.41) is 4.41. The van der Waals surface area contributed by atoms with Crippen molar-refractivity contribution >= 4 is 11.9 Å². The van der Waals surface area contributed by atoms with Crippen molar-refractivity contribution in [1.82, 2.24) is 19.7 Å². The van der Waals surface area contributed by atoms with Crippen molar-refractivity contribution in [1.29, 1.82) is 0 Å². The first-order chi connectivity index (χ1) is 11.1. The van der Waals surface area contributed by atoms with Gasteiger partial charge in [-0.2, -0.15) is 10.1 Å². The molecule has 0 saturated carbocycles. The van der Waals surface area contributed by atoms with E-state index in [1.54, 1.807) is 23.9 Å². The minimum absolute atomic E-state index is 0.193. The first-order valence-electron chi connectivity index (χ1n) is 7.66. The van der Waals surface area contributed by atoms with E-state index in [1.807, 2.05) is 12.1 Å². The number of ether oxygens (including phenoxy) is 1. The van der Waals surface area contributed by atoms with Gasteiger partial charge in [-0.25, -0.2) is 9.48 Å². The van der Waals surface area contributed by atoms with E-state index in [0.717, 1.165) is 37.3 Å². The van der Waals surface area contributed by atoms with Crippen LogP contribution in [-0.2, 0) is 18.3 Å². The Labute approximate surface area is 135 Å². The van der Waals surface area contributed by atoms with Gasteiger partial charge in [-0.05, 0) is 37.1 Å². The third-order valence-corrected chi connectivity index (χ3v) is 4.24. The molecule has 1 aromatic carbocycles. The number of aromatic nitrogens is 3. The van der Waals surface area contributed by atoms with Crippen molar-refractivity contribution in [3.63, 3.8) is 0 Å². The Morgan fingerprint density at radius 1 is 1.39 bits per heavy atom. The van der Waals surface area contributed by atoms with Gasteiger partial charge in [-0.15, -0.1) is 0 Å². The van der Waals surface area contributed by atoms with Crippen molar-refractivity contribution in [2.75, 3.05) is 19.4 Å². The molecule has 3 rings (SSSR count). The number of nitrogens with two attached hydrogens (primary N) is 1. The SMILES string of the molecule is COC(=O)c1ccc(CN2CCC[C@@H]2c2nc(N)n(C)n2)cc1. The van der Waals surface area contributed by atoms with Crippen molar-refractivity contribution in [3.8, 4) is 0 Å². The number of benzene rings is 1. The number of carbonyl (C=O) groups is 1. The summed E-state index contributed by atoms with van der Waals surface area (Å²) in [5.41, 5.74) is 7.50. The third-order valence-electron chi connectivity index (χ3n) is 4.24. The first-order valence-corrected chi connectivity index (χ1v) is 7.66. The van der Waals surface area contributed by atoms with Crippen molar-refractivity contribution in [2.24, 2.45) is 7.05 Å². The quantitative estimate of drug-likeness (QED) is 0.861. The van der Waals surface area contributed by atoms with Crippen LogP contribution in [0.3, 0.4) is 0 Å². The predicted octanol–water partition coefficient (Wildman–Crippen LogP) is 1.52. The Bertz CT molecular complexity index is 675. The van der Waals surface area contributed by atoms with Crippen LogP contribution in [-0.4, -0.2) is 39.3 Å². The molecule has 23 heavy (non-hydrogen) atoms. The molecule has 1 aromatic heterocycles. The number of aryl methyl sites for hydroxylation is 1. The molecule has 1 saturated heterocycles. The molecule has 0 amide bonds. The van der Waals surface area contributed by atoms with Crippen LogP contribution in [0, 0.1) is 0 Å². The molecular formula is C16H21N5O2. The van der Waals surface area contributed by atoms with E-state index >= 15 is 0 Å². The smallest absolute Gasteiger partial charge is 0.337 e. The highest BCUT2D eigenvalue weighted by Gasteiger charge is 2.29. The lowest BCUT2D eigenvalue weighted by atomic mass is 10.1. The summed E-state index contributed by atoms with van der Waals surface area (Å²) in [7, 11) is 3.19. The summed E-state index contributed by atoms with van der Waals surface area (Å²) in [5.74, 6) is 0.909. The molecular weight excluding hydrogens is 294 g/mol. The van der Waals surface area contributed by atoms with Gasteiger partial charge in [0.15, 0.2) is 5.82 Å². The van der Waals surface area contributed by atoms with Crippen molar-refractivity contribution in [3.05, 3.63) is 41.2 Å². The third kappa shape index (κ3) is 3.19. The number of nitrogen functional groups attached to an aromatic ring is 1. The van der Waals surface area contributed by atoms with Crippen LogP contribution >= 0.6 is 0 Å². The normalized spacial score (nSPS) is 18.3. The molecule has 1 fully saturated rings. The zero-order valence-electron chi connectivity index (χ0n) is 13.4. The number of methoxy groups -OCH3 is 1. The van der Waals surface area contributed by atoms with Gasteiger partial charge in [0.1, 0.15) is 0 Å². The van der Waals surface area contributed by atoms with Crippen LogP contribution in [0.25, 0.3) is 0 Å². The summed E-state index contributed by atoms with van der Waals surface area (Å²) < 4.78 is 6.33. The van der Waals surface area contributed by atoms with E-state index in [2.05, 4.69) is 15.0 Å². The molecule has 0 aliphatic carbocycles. The molecule has 0 spiro atoms. The fraction of sp³-hybridized carbons (Fsp3) is 0.438. The lowest BCUT2D eigenvalue weighted by Gasteiger charge is -2.22. The van der Waals surface area contributed by atoms with Gasteiger partial charge in [-0.3, -0.25) is 4.90 Å². The molecule has 2 N–H and O–H groups in total. The Balaban J connectivity index is 1.72. The zero-order valence-corrected chi connectivity index (χ0v) is 13.4. The van der Waals surface area contributed by atoms with E-state index in [4.69, 9.17) is 10.5 Å². The number of rotatable bonds is 4. The van der Waals surface area contributed by atoms with Crippen LogP contribution < -0.4 is 5.73 Å². The van der Waals surface area contributed by atoms with Gasteiger partial charge in [0.25, 0.3) is 0 Å². The molecule has 1 aliphatic heterocycles. The highest BCUT2D eigenvalue weighted by atomic mass is 16.5. The summed E-state index contributed by atoms with van der Waals surface area (Å²) in [6, 6.07) is 7.70. The summed E-state index contributed by atoms with van der Waals surface area (Å²) >= 11 is 0. The van der Waals surface area contributed by atoms with Crippen LogP contribution in [0.5, 0.6) is 0 Å². The van der Waals surface area contributed by atoms with Gasteiger partial charge in [0, 0.05) is 13.6 Å². The highest BCUT2D eigenvalue weighted by Crippen LogP contribution is 2.31. The van der Waals surface area contributed by atoms with E-state index in [-0.39, 0.29) is 12.0 Å². The second-order valence-electron chi connectivity index (χ2n) is 5.77. The predicted molar refractivity (Wildman–Crippen MR) is 85.6 cm³/mol. The maximum Gasteiger partial charge on any atom is 0.337 e. The number of nitrogens with zero attached hydrogens (tertiary/aromatic N) is 4. The fourth-order valence-electron chi connectivity index (χ4n) is 2.96. The summed E-state index contributed by atoms with van der Waals surface area (Å²) in [6.07, 6.45) is 2.15. The molecule has 2 heterocycles. The average molecular weight is 315 g/mol. The molecule has 2 aromatic rings. The minimum Gasteiger partial charge on any atom is -0.465 e. The first kappa shape index (κ1) is 15.5. The monoisotopic (exact) mass is 315 g/mol. The number of anilines is 1. The van der Waals surface area contributed by atoms with Gasteiger partial charge in [0.2, 0.25) is 5.95 Å². The second-order valence-corrected chi connectivity index (χ2v) is 5.77. The Hall–Kier alpha value is -2.41. The number of hydrogen-bond acceptors (Lipinski definition) is 6. The standard InChI is InChI=1S/C16H21N5O2/c1-20-16(17)18-14(19-20)13-4-3-9-21(13)10-11-5-7-12(8-6-11)15(22)23-2/h5-8,13H,3-4,9-10H2,1-2H3,(H2,17,18,19)/t13-/m1/s1. The minimum atomic E-state index is -0.316. The van der Waals surface area contributed by atoms with Crippen LogP contribution in [0.15, 0.2) is 24.3 Å². The van der Waals surface area contributed by atoms with E-state index in [9.17, 15) is 4.79 Å². The largest absolute Gasteiger partial charge is 0.465 e. The maximum atomic E-state index is 11.5. The molecule has 0 bridgehead atoms. The van der Waals surface area contributed by atoms with E-state index < -0.39 is 0 Å². The van der Waals surface area contributed by atoms with E-state index in [1.165, 1.54) is 7.11 Å². The molecule has 1 atom stereocenters. The number of likely N-dealkylation sites (tertiary alicyclic amines) is 1. The van der Waals surface area contributed by atoms with Crippen molar-refractivity contribution < 1.29 is 9.53 Å². The highest BCUT2D eigenvalue weighted by molar-refractivity contribution is 5.89. The molecule has 7 heteroatoms. The topological polar surface area (TPSA) is 86.3 Å². The number of carbonyl (C=O) groups excluding carboxylic acids is 1. The van der Waals surface area contributed by atoms with Gasteiger partial charge in [0.05, 0.1) is 18.7 Å². The van der Waals surface area contributed by atoms with Crippen LogP contribution in [0.4, 0.5) is 5.95 Å². The van der Waals surface area contributed by atoms with Crippen molar-refractivity contribution in [2.45, 2.75) is 25.4 Å². The molecule has 0 unspecified atom stereocenters. The maximum absolute atomic E-state index is 11.5. The molecule has 1 aliphatic rings. The van der Waals surface area contributed by atoms with Gasteiger partial charge >= 0.3 is 5.97 Å². The molecule has 122 valence electrons. The average Bonchev–Trinajstić information content (AvgIpc) is 3.14. The zero-order chi connectivity index (χ0) is 16.4. The number of hydrogen-bond donors (Lipinski definition) is 1. The summed E-state index contributed by atoms with van der Waals surface area (Å²) in [6.45, 7) is 1.80. The van der Waals surface area contributed by atoms with Crippen LogP contribution in [0.2, 0.25) is 0 Å². The van der Waals surface area contributed by atoms with Crippen LogP contribution in [0.1, 0.15) is 40.6 Å². The van der Waals surface area contributed by atoms with E-state index in [0.29, 0.717) is 11.5 Å².